The van der Waals surface area contributed by atoms with Crippen LogP contribution in [0.5, 0.6) is 5.75 Å². The predicted octanol–water partition coefficient (Wildman–Crippen LogP) is 4.41. The Morgan fingerprint density at radius 2 is 1.85 bits per heavy atom. The van der Waals surface area contributed by atoms with E-state index in [1.807, 2.05) is 43.3 Å². The fourth-order valence-electron chi connectivity index (χ4n) is 2.18. The number of aliphatic hydroxyl groups excluding tert-OH is 1. The molecule has 0 saturated carbocycles. The third-order valence-corrected chi connectivity index (χ3v) is 4.36. The number of aliphatic hydroxyl groups is 1. The molecule has 1 N–H and O–H groups in total. The summed E-state index contributed by atoms with van der Waals surface area (Å²) in [4.78, 5) is 0. The molecule has 0 spiro atoms. The molecular weight excluding hydrogens is 316 g/mol. The van der Waals surface area contributed by atoms with Crippen LogP contribution in [0.25, 0.3) is 0 Å². The van der Waals surface area contributed by atoms with E-state index in [1.54, 1.807) is 7.11 Å². The third-order valence-electron chi connectivity index (χ3n) is 3.51. The Bertz CT molecular complexity index is 591. The fourth-order valence-corrected chi connectivity index (χ4v) is 2.54. The van der Waals surface area contributed by atoms with E-state index in [0.29, 0.717) is 5.75 Å². The molecule has 0 amide bonds. The van der Waals surface area contributed by atoms with E-state index in [1.165, 1.54) is 5.56 Å². The van der Waals surface area contributed by atoms with Crippen LogP contribution in [0.2, 0.25) is 0 Å². The molecule has 0 heterocycles. The highest BCUT2D eigenvalue weighted by molar-refractivity contribution is 9.10. The van der Waals surface area contributed by atoms with Gasteiger partial charge in [0.1, 0.15) is 11.9 Å². The Balaban J connectivity index is 2.41. The molecule has 0 bridgehead atoms. The standard InChI is InChI=1S/C17H19BrO2/c1-4-12-5-7-13(8-6-12)17(19)14-10-15(18)11(2)9-16(14)20-3/h5-10,17,19H,4H2,1-3H3. The van der Waals surface area contributed by atoms with Crippen LogP contribution in [0.1, 0.15) is 35.3 Å². The van der Waals surface area contributed by atoms with Crippen LogP contribution in [0.15, 0.2) is 40.9 Å². The van der Waals surface area contributed by atoms with Gasteiger partial charge in [0.2, 0.25) is 0 Å². The van der Waals surface area contributed by atoms with Crippen molar-refractivity contribution < 1.29 is 9.84 Å². The van der Waals surface area contributed by atoms with Crippen molar-refractivity contribution in [3.05, 3.63) is 63.1 Å². The van der Waals surface area contributed by atoms with Crippen LogP contribution in [0.3, 0.4) is 0 Å². The van der Waals surface area contributed by atoms with Gasteiger partial charge in [-0.25, -0.2) is 0 Å². The Labute approximate surface area is 128 Å². The first kappa shape index (κ1) is 15.1. The summed E-state index contributed by atoms with van der Waals surface area (Å²) in [7, 11) is 1.62. The second kappa shape index (κ2) is 6.42. The number of aryl methyl sites for hydroxylation is 2. The molecule has 3 heteroatoms. The van der Waals surface area contributed by atoms with E-state index in [2.05, 4.69) is 22.9 Å². The average molecular weight is 335 g/mol. The first-order valence-corrected chi connectivity index (χ1v) is 7.47. The zero-order valence-corrected chi connectivity index (χ0v) is 13.6. The van der Waals surface area contributed by atoms with Gasteiger partial charge in [0.05, 0.1) is 7.11 Å². The molecule has 0 aromatic heterocycles. The number of ether oxygens (including phenoxy) is 1. The average Bonchev–Trinajstić information content (AvgIpc) is 2.49. The second-order valence-corrected chi connectivity index (χ2v) is 5.70. The van der Waals surface area contributed by atoms with Gasteiger partial charge in [-0.3, -0.25) is 0 Å². The first-order valence-electron chi connectivity index (χ1n) is 6.67. The Kier molecular flexibility index (Phi) is 4.84. The van der Waals surface area contributed by atoms with E-state index in [-0.39, 0.29) is 0 Å². The van der Waals surface area contributed by atoms with E-state index in [4.69, 9.17) is 4.74 Å². The normalized spacial score (nSPS) is 12.2. The SMILES string of the molecule is CCc1ccc(C(O)c2cc(Br)c(C)cc2OC)cc1. The molecule has 0 aliphatic carbocycles. The van der Waals surface area contributed by atoms with Crippen molar-refractivity contribution in [3.63, 3.8) is 0 Å². The van der Waals surface area contributed by atoms with Gasteiger partial charge in [0.25, 0.3) is 0 Å². The van der Waals surface area contributed by atoms with Crippen LogP contribution in [-0.4, -0.2) is 12.2 Å². The number of hydrogen-bond donors (Lipinski definition) is 1. The summed E-state index contributed by atoms with van der Waals surface area (Å²) in [6, 6.07) is 11.9. The predicted molar refractivity (Wildman–Crippen MR) is 85.3 cm³/mol. The van der Waals surface area contributed by atoms with Gasteiger partial charge in [-0.2, -0.15) is 0 Å². The van der Waals surface area contributed by atoms with Crippen molar-refractivity contribution in [1.29, 1.82) is 0 Å². The Morgan fingerprint density at radius 3 is 2.40 bits per heavy atom. The molecule has 0 saturated heterocycles. The van der Waals surface area contributed by atoms with E-state index in [0.717, 1.165) is 27.6 Å². The molecule has 2 rings (SSSR count). The van der Waals surface area contributed by atoms with Crippen molar-refractivity contribution in [1.82, 2.24) is 0 Å². The van der Waals surface area contributed by atoms with Gasteiger partial charge in [0.15, 0.2) is 0 Å². The van der Waals surface area contributed by atoms with Crippen molar-refractivity contribution in [2.24, 2.45) is 0 Å². The minimum Gasteiger partial charge on any atom is -0.496 e. The highest BCUT2D eigenvalue weighted by Gasteiger charge is 2.17. The van der Waals surface area contributed by atoms with Crippen LogP contribution < -0.4 is 4.74 Å². The lowest BCUT2D eigenvalue weighted by Gasteiger charge is -2.17. The lowest BCUT2D eigenvalue weighted by atomic mass is 9.98. The summed E-state index contributed by atoms with van der Waals surface area (Å²) in [6.45, 7) is 4.12. The van der Waals surface area contributed by atoms with Crippen LogP contribution >= 0.6 is 15.9 Å². The van der Waals surface area contributed by atoms with Crippen LogP contribution in [-0.2, 0) is 6.42 Å². The maximum atomic E-state index is 10.6. The van der Waals surface area contributed by atoms with Gasteiger partial charge >= 0.3 is 0 Å². The fraction of sp³-hybridized carbons (Fsp3) is 0.294. The number of benzene rings is 2. The van der Waals surface area contributed by atoms with Gasteiger partial charge in [-0.15, -0.1) is 0 Å². The molecule has 0 fully saturated rings. The third kappa shape index (κ3) is 3.05. The number of halogens is 1. The molecule has 1 unspecified atom stereocenters. The molecular formula is C17H19BrO2. The van der Waals surface area contributed by atoms with Crippen molar-refractivity contribution >= 4 is 15.9 Å². The summed E-state index contributed by atoms with van der Waals surface area (Å²) in [5.74, 6) is 0.706. The monoisotopic (exact) mass is 334 g/mol. The summed E-state index contributed by atoms with van der Waals surface area (Å²) in [5, 5.41) is 10.6. The Hall–Kier alpha value is -1.32. The summed E-state index contributed by atoms with van der Waals surface area (Å²) in [5.41, 5.74) is 3.99. The van der Waals surface area contributed by atoms with Crippen molar-refractivity contribution in [3.8, 4) is 5.75 Å². The molecule has 0 aliphatic rings. The molecule has 0 radical (unpaired) electrons. The van der Waals surface area contributed by atoms with E-state index in [9.17, 15) is 5.11 Å². The maximum Gasteiger partial charge on any atom is 0.125 e. The van der Waals surface area contributed by atoms with Gasteiger partial charge in [-0.1, -0.05) is 47.1 Å². The van der Waals surface area contributed by atoms with Gasteiger partial charge < -0.3 is 9.84 Å². The lowest BCUT2D eigenvalue weighted by molar-refractivity contribution is 0.214. The summed E-state index contributed by atoms with van der Waals surface area (Å²) >= 11 is 3.51. The van der Waals surface area contributed by atoms with E-state index >= 15 is 0 Å². The second-order valence-electron chi connectivity index (χ2n) is 4.84. The molecule has 2 aromatic rings. The first-order chi connectivity index (χ1) is 9.56. The topological polar surface area (TPSA) is 29.5 Å². The molecule has 20 heavy (non-hydrogen) atoms. The summed E-state index contributed by atoms with van der Waals surface area (Å²) in [6.07, 6.45) is 0.309. The molecule has 0 aliphatic heterocycles. The largest absolute Gasteiger partial charge is 0.496 e. The summed E-state index contributed by atoms with van der Waals surface area (Å²) < 4.78 is 6.36. The van der Waals surface area contributed by atoms with Crippen molar-refractivity contribution in [2.45, 2.75) is 26.4 Å². The van der Waals surface area contributed by atoms with Crippen LogP contribution in [0, 0.1) is 6.92 Å². The molecule has 2 aromatic carbocycles. The molecule has 106 valence electrons. The van der Waals surface area contributed by atoms with Crippen LogP contribution in [0.4, 0.5) is 0 Å². The number of rotatable bonds is 4. The molecule has 2 nitrogen and oxygen atoms in total. The zero-order chi connectivity index (χ0) is 14.7. The van der Waals surface area contributed by atoms with E-state index < -0.39 is 6.10 Å². The maximum absolute atomic E-state index is 10.6. The van der Waals surface area contributed by atoms with Crippen molar-refractivity contribution in [2.75, 3.05) is 7.11 Å². The minimum atomic E-state index is -0.687. The van der Waals surface area contributed by atoms with Gasteiger partial charge in [0, 0.05) is 10.0 Å². The highest BCUT2D eigenvalue weighted by Crippen LogP contribution is 2.34. The molecule has 1 atom stereocenters. The smallest absolute Gasteiger partial charge is 0.125 e. The Morgan fingerprint density at radius 1 is 1.20 bits per heavy atom. The lowest BCUT2D eigenvalue weighted by Crippen LogP contribution is -2.03. The zero-order valence-electron chi connectivity index (χ0n) is 12.0. The van der Waals surface area contributed by atoms with Gasteiger partial charge in [-0.05, 0) is 42.2 Å². The highest BCUT2D eigenvalue weighted by atomic mass is 79.9. The number of methoxy groups -OCH3 is 1. The number of hydrogen-bond acceptors (Lipinski definition) is 2. The minimum absolute atomic E-state index is 0.687. The quantitative estimate of drug-likeness (QED) is 0.897.